The molecule has 0 aromatic heterocycles. The lowest BCUT2D eigenvalue weighted by Crippen LogP contribution is -2.44. The van der Waals surface area contributed by atoms with E-state index in [1.165, 1.54) is 0 Å². The van der Waals surface area contributed by atoms with Crippen LogP contribution in [0.15, 0.2) is 83.8 Å². The third-order valence-electron chi connectivity index (χ3n) is 5.53. The highest BCUT2D eigenvalue weighted by Crippen LogP contribution is 2.24. The zero-order chi connectivity index (χ0) is 21.0. The van der Waals surface area contributed by atoms with Gasteiger partial charge < -0.3 is 9.64 Å². The molecule has 1 saturated heterocycles. The maximum Gasteiger partial charge on any atom is 0.240 e. The maximum atomic E-state index is 12.8. The van der Waals surface area contributed by atoms with Gasteiger partial charge in [-0.3, -0.25) is 0 Å². The normalized spacial score (nSPS) is 15.2. The van der Waals surface area contributed by atoms with Crippen molar-refractivity contribution in [3.8, 4) is 16.9 Å². The lowest BCUT2D eigenvalue weighted by Gasteiger charge is -2.33. The van der Waals surface area contributed by atoms with E-state index < -0.39 is 10.0 Å². The van der Waals surface area contributed by atoms with Gasteiger partial charge in [-0.1, -0.05) is 42.5 Å². The summed E-state index contributed by atoms with van der Waals surface area (Å²) < 4.78 is 33.8. The zero-order valence-corrected chi connectivity index (χ0v) is 17.8. The highest BCUT2D eigenvalue weighted by Gasteiger charge is 2.25. The van der Waals surface area contributed by atoms with Crippen molar-refractivity contribution in [3.63, 3.8) is 0 Å². The Bertz CT molecular complexity index is 1060. The Hall–Kier alpha value is -2.83. The standard InChI is InChI=1S/C24H26N2O3S/c1-29-23-11-9-22(10-12-23)26-17-15-21(16-18-26)25-30(27,28)24-13-7-20(8-14-24)19-5-3-2-4-6-19/h2-14,21,25H,15-18H2,1H3. The van der Waals surface area contributed by atoms with E-state index in [1.807, 2.05) is 66.7 Å². The summed E-state index contributed by atoms with van der Waals surface area (Å²) in [6, 6.07) is 24.9. The van der Waals surface area contributed by atoms with Crippen molar-refractivity contribution in [1.82, 2.24) is 4.72 Å². The van der Waals surface area contributed by atoms with Crippen molar-refractivity contribution < 1.29 is 13.2 Å². The van der Waals surface area contributed by atoms with Crippen LogP contribution in [0.25, 0.3) is 11.1 Å². The Morgan fingerprint density at radius 3 is 2.03 bits per heavy atom. The number of methoxy groups -OCH3 is 1. The molecule has 3 aromatic rings. The maximum absolute atomic E-state index is 12.8. The van der Waals surface area contributed by atoms with Crippen LogP contribution in [0.3, 0.4) is 0 Å². The van der Waals surface area contributed by atoms with Crippen molar-refractivity contribution in [3.05, 3.63) is 78.9 Å². The molecule has 0 bridgehead atoms. The number of benzene rings is 3. The smallest absolute Gasteiger partial charge is 0.240 e. The molecule has 30 heavy (non-hydrogen) atoms. The fourth-order valence-electron chi connectivity index (χ4n) is 3.79. The molecule has 1 aliphatic rings. The molecule has 0 aliphatic carbocycles. The number of ether oxygens (including phenoxy) is 1. The summed E-state index contributed by atoms with van der Waals surface area (Å²) in [5, 5.41) is 0. The summed E-state index contributed by atoms with van der Waals surface area (Å²) in [5.74, 6) is 0.833. The first-order chi connectivity index (χ1) is 14.5. The van der Waals surface area contributed by atoms with Crippen molar-refractivity contribution in [2.75, 3.05) is 25.1 Å². The van der Waals surface area contributed by atoms with Gasteiger partial charge in [-0.05, 0) is 60.4 Å². The molecule has 1 heterocycles. The van der Waals surface area contributed by atoms with E-state index in [0.29, 0.717) is 4.90 Å². The Morgan fingerprint density at radius 2 is 1.43 bits per heavy atom. The number of nitrogens with zero attached hydrogens (tertiary/aromatic N) is 1. The molecule has 0 radical (unpaired) electrons. The van der Waals surface area contributed by atoms with Gasteiger partial charge >= 0.3 is 0 Å². The quantitative estimate of drug-likeness (QED) is 0.643. The number of piperidine rings is 1. The van der Waals surface area contributed by atoms with Crippen molar-refractivity contribution in [2.24, 2.45) is 0 Å². The first-order valence-electron chi connectivity index (χ1n) is 10.1. The zero-order valence-electron chi connectivity index (χ0n) is 17.0. The van der Waals surface area contributed by atoms with Gasteiger partial charge in [-0.2, -0.15) is 0 Å². The first-order valence-corrected chi connectivity index (χ1v) is 11.6. The van der Waals surface area contributed by atoms with E-state index in [2.05, 4.69) is 9.62 Å². The second-order valence-electron chi connectivity index (χ2n) is 7.47. The van der Waals surface area contributed by atoms with Gasteiger partial charge in [0.2, 0.25) is 10.0 Å². The molecule has 4 rings (SSSR count). The third kappa shape index (κ3) is 4.66. The summed E-state index contributed by atoms with van der Waals surface area (Å²) in [5.41, 5.74) is 3.20. The summed E-state index contributed by atoms with van der Waals surface area (Å²) in [6.07, 6.45) is 1.54. The number of hydrogen-bond acceptors (Lipinski definition) is 4. The molecule has 156 valence electrons. The molecular formula is C24H26N2O3S. The molecule has 0 amide bonds. The largest absolute Gasteiger partial charge is 0.497 e. The van der Waals surface area contributed by atoms with Gasteiger partial charge in [0.15, 0.2) is 0 Å². The molecule has 5 nitrogen and oxygen atoms in total. The van der Waals surface area contributed by atoms with Gasteiger partial charge in [-0.25, -0.2) is 13.1 Å². The number of sulfonamides is 1. The van der Waals surface area contributed by atoms with Gasteiger partial charge in [0.1, 0.15) is 5.75 Å². The number of anilines is 1. The first kappa shape index (κ1) is 20.4. The Kier molecular flexibility index (Phi) is 6.06. The second kappa shape index (κ2) is 8.90. The van der Waals surface area contributed by atoms with Crippen LogP contribution in [-0.2, 0) is 10.0 Å². The molecule has 3 aromatic carbocycles. The summed E-state index contributed by atoms with van der Waals surface area (Å²) in [7, 11) is -1.88. The average Bonchev–Trinajstić information content (AvgIpc) is 2.80. The van der Waals surface area contributed by atoms with Crippen LogP contribution in [0.2, 0.25) is 0 Å². The number of rotatable bonds is 6. The molecular weight excluding hydrogens is 396 g/mol. The Morgan fingerprint density at radius 1 is 0.833 bits per heavy atom. The lowest BCUT2D eigenvalue weighted by atomic mass is 10.1. The van der Waals surface area contributed by atoms with Gasteiger partial charge in [-0.15, -0.1) is 0 Å². The number of hydrogen-bond donors (Lipinski definition) is 1. The minimum atomic E-state index is -3.54. The van der Waals surface area contributed by atoms with Crippen LogP contribution < -0.4 is 14.4 Å². The minimum Gasteiger partial charge on any atom is -0.497 e. The topological polar surface area (TPSA) is 58.6 Å². The SMILES string of the molecule is COc1ccc(N2CCC(NS(=O)(=O)c3ccc(-c4ccccc4)cc3)CC2)cc1. The lowest BCUT2D eigenvalue weighted by molar-refractivity contribution is 0.414. The van der Waals surface area contributed by atoms with Crippen molar-refractivity contribution in [1.29, 1.82) is 0 Å². The van der Waals surface area contributed by atoms with Crippen LogP contribution in [-0.4, -0.2) is 34.7 Å². The van der Waals surface area contributed by atoms with E-state index in [-0.39, 0.29) is 6.04 Å². The average molecular weight is 423 g/mol. The van der Waals surface area contributed by atoms with Crippen LogP contribution in [0.1, 0.15) is 12.8 Å². The van der Waals surface area contributed by atoms with Crippen molar-refractivity contribution >= 4 is 15.7 Å². The van der Waals surface area contributed by atoms with Crippen molar-refractivity contribution in [2.45, 2.75) is 23.8 Å². The summed E-state index contributed by atoms with van der Waals surface area (Å²) in [4.78, 5) is 2.58. The highest BCUT2D eigenvalue weighted by atomic mass is 32.2. The van der Waals surface area contributed by atoms with E-state index >= 15 is 0 Å². The van der Waals surface area contributed by atoms with Crippen LogP contribution in [0, 0.1) is 0 Å². The fraction of sp³-hybridized carbons (Fsp3) is 0.250. The van der Waals surface area contributed by atoms with Gasteiger partial charge in [0.25, 0.3) is 0 Å². The second-order valence-corrected chi connectivity index (χ2v) is 9.19. The minimum absolute atomic E-state index is 0.0571. The molecule has 1 fully saturated rings. The summed E-state index contributed by atoms with van der Waals surface area (Å²) >= 11 is 0. The molecule has 6 heteroatoms. The van der Waals surface area contributed by atoms with E-state index in [4.69, 9.17) is 4.74 Å². The van der Waals surface area contributed by atoms with E-state index in [9.17, 15) is 8.42 Å². The summed E-state index contributed by atoms with van der Waals surface area (Å²) in [6.45, 7) is 1.62. The Labute approximate surface area is 178 Å². The Balaban J connectivity index is 1.37. The molecule has 0 atom stereocenters. The molecule has 1 aliphatic heterocycles. The van der Waals surface area contributed by atoms with E-state index in [0.717, 1.165) is 48.5 Å². The van der Waals surface area contributed by atoms with Crippen LogP contribution >= 0.6 is 0 Å². The number of nitrogens with one attached hydrogen (secondary N) is 1. The fourth-order valence-corrected chi connectivity index (χ4v) is 5.10. The molecule has 0 spiro atoms. The highest BCUT2D eigenvalue weighted by molar-refractivity contribution is 7.89. The van der Waals surface area contributed by atoms with Crippen LogP contribution in [0.5, 0.6) is 5.75 Å². The van der Waals surface area contributed by atoms with Crippen LogP contribution in [0.4, 0.5) is 5.69 Å². The predicted octanol–water partition coefficient (Wildman–Crippen LogP) is 4.31. The van der Waals surface area contributed by atoms with E-state index in [1.54, 1.807) is 19.2 Å². The van der Waals surface area contributed by atoms with Gasteiger partial charge in [0.05, 0.1) is 12.0 Å². The molecule has 0 unspecified atom stereocenters. The predicted molar refractivity (Wildman–Crippen MR) is 120 cm³/mol. The van der Waals surface area contributed by atoms with Gasteiger partial charge in [0, 0.05) is 24.8 Å². The molecule has 1 N–H and O–H groups in total. The monoisotopic (exact) mass is 422 g/mol. The third-order valence-corrected chi connectivity index (χ3v) is 7.06. The molecule has 0 saturated carbocycles.